The van der Waals surface area contributed by atoms with E-state index < -0.39 is 11.8 Å². The van der Waals surface area contributed by atoms with Gasteiger partial charge < -0.3 is 10.5 Å². The molecule has 1 heterocycles. The number of esters is 1. The van der Waals surface area contributed by atoms with Crippen LogP contribution in [0, 0.1) is 5.82 Å². The van der Waals surface area contributed by atoms with Gasteiger partial charge in [-0.1, -0.05) is 18.2 Å². The molecule has 6 heteroatoms. The topological polar surface area (TPSA) is 81.0 Å². The molecule has 0 atom stereocenters. The fraction of sp³-hybridized carbons (Fsp3) is 0.0667. The second kappa shape index (κ2) is 5.24. The van der Waals surface area contributed by atoms with Crippen molar-refractivity contribution in [3.63, 3.8) is 0 Å². The molecule has 0 saturated heterocycles. The van der Waals surface area contributed by atoms with E-state index in [-0.39, 0.29) is 12.3 Å². The average molecular weight is 285 g/mol. The first-order chi connectivity index (χ1) is 10.1. The monoisotopic (exact) mass is 285 g/mol. The Hall–Kier alpha value is -2.89. The van der Waals surface area contributed by atoms with Gasteiger partial charge in [0.1, 0.15) is 12.4 Å². The van der Waals surface area contributed by atoms with E-state index in [1.165, 1.54) is 6.07 Å². The molecule has 0 aliphatic rings. The van der Waals surface area contributed by atoms with Gasteiger partial charge in [0.05, 0.1) is 5.52 Å². The Morgan fingerprint density at radius 3 is 2.90 bits per heavy atom. The molecule has 106 valence electrons. The van der Waals surface area contributed by atoms with Crippen LogP contribution in [0.4, 0.5) is 10.1 Å². The molecular formula is C15H12FN3O2. The number of aromatic amines is 1. The Labute approximate surface area is 119 Å². The smallest absolute Gasteiger partial charge is 0.359 e. The SMILES string of the molecule is Nc1ccc2[nH]nc(C(=O)OCc3ccccc3F)c2c1. The molecule has 0 aliphatic heterocycles. The van der Waals surface area contributed by atoms with Crippen LogP contribution < -0.4 is 5.73 Å². The maximum atomic E-state index is 13.5. The lowest BCUT2D eigenvalue weighted by molar-refractivity contribution is 0.0464. The molecular weight excluding hydrogens is 273 g/mol. The maximum absolute atomic E-state index is 13.5. The molecule has 3 rings (SSSR count). The molecule has 3 N–H and O–H groups in total. The number of nitrogen functional groups attached to an aromatic ring is 1. The number of carbonyl (C=O) groups excluding carboxylic acids is 1. The van der Waals surface area contributed by atoms with Crippen molar-refractivity contribution in [3.8, 4) is 0 Å². The molecule has 0 radical (unpaired) electrons. The lowest BCUT2D eigenvalue weighted by atomic mass is 10.2. The molecule has 3 aromatic rings. The zero-order chi connectivity index (χ0) is 14.8. The highest BCUT2D eigenvalue weighted by Gasteiger charge is 2.16. The average Bonchev–Trinajstić information content (AvgIpc) is 2.89. The van der Waals surface area contributed by atoms with Crippen LogP contribution in [0.2, 0.25) is 0 Å². The summed E-state index contributed by atoms with van der Waals surface area (Å²) in [6.45, 7) is -0.151. The fourth-order valence-electron chi connectivity index (χ4n) is 2.01. The first kappa shape index (κ1) is 13.1. The Morgan fingerprint density at radius 2 is 2.10 bits per heavy atom. The minimum atomic E-state index is -0.630. The fourth-order valence-corrected chi connectivity index (χ4v) is 2.01. The van der Waals surface area contributed by atoms with Crippen LogP contribution in [0.5, 0.6) is 0 Å². The number of halogens is 1. The number of fused-ring (bicyclic) bond motifs is 1. The van der Waals surface area contributed by atoms with Crippen LogP contribution in [0.1, 0.15) is 16.1 Å². The van der Waals surface area contributed by atoms with E-state index in [1.807, 2.05) is 0 Å². The number of benzene rings is 2. The van der Waals surface area contributed by atoms with Crippen LogP contribution in [-0.2, 0) is 11.3 Å². The first-order valence-electron chi connectivity index (χ1n) is 6.29. The molecule has 0 saturated carbocycles. The molecule has 2 aromatic carbocycles. The van der Waals surface area contributed by atoms with Gasteiger partial charge in [-0.3, -0.25) is 5.10 Å². The number of nitrogens with zero attached hydrogens (tertiary/aromatic N) is 1. The van der Waals surface area contributed by atoms with Gasteiger partial charge in [-0.15, -0.1) is 0 Å². The zero-order valence-electron chi connectivity index (χ0n) is 11.0. The minimum absolute atomic E-state index is 0.133. The third-order valence-electron chi connectivity index (χ3n) is 3.10. The highest BCUT2D eigenvalue weighted by molar-refractivity contribution is 6.02. The highest BCUT2D eigenvalue weighted by Crippen LogP contribution is 2.20. The third-order valence-corrected chi connectivity index (χ3v) is 3.10. The van der Waals surface area contributed by atoms with Gasteiger partial charge in [0, 0.05) is 16.6 Å². The molecule has 5 nitrogen and oxygen atoms in total. The van der Waals surface area contributed by atoms with Gasteiger partial charge in [0.25, 0.3) is 0 Å². The number of ether oxygens (including phenoxy) is 1. The largest absolute Gasteiger partial charge is 0.456 e. The van der Waals surface area contributed by atoms with E-state index >= 15 is 0 Å². The Morgan fingerprint density at radius 1 is 1.29 bits per heavy atom. The zero-order valence-corrected chi connectivity index (χ0v) is 11.0. The third kappa shape index (κ3) is 2.55. The quantitative estimate of drug-likeness (QED) is 0.572. The van der Waals surface area contributed by atoms with Crippen molar-refractivity contribution in [3.05, 3.63) is 59.5 Å². The van der Waals surface area contributed by atoms with E-state index in [2.05, 4.69) is 10.2 Å². The number of carbonyl (C=O) groups is 1. The number of hydrogen-bond donors (Lipinski definition) is 2. The van der Waals surface area contributed by atoms with Crippen LogP contribution in [0.25, 0.3) is 10.9 Å². The summed E-state index contributed by atoms with van der Waals surface area (Å²) in [5.41, 5.74) is 7.34. The van der Waals surface area contributed by atoms with Gasteiger partial charge in [0.15, 0.2) is 5.69 Å². The van der Waals surface area contributed by atoms with Gasteiger partial charge in [-0.2, -0.15) is 5.10 Å². The van der Waals surface area contributed by atoms with E-state index in [9.17, 15) is 9.18 Å². The molecule has 21 heavy (non-hydrogen) atoms. The summed E-state index contributed by atoms with van der Waals surface area (Å²) in [6, 6.07) is 11.2. The number of hydrogen-bond acceptors (Lipinski definition) is 4. The van der Waals surface area contributed by atoms with Gasteiger partial charge in [0.2, 0.25) is 0 Å². The maximum Gasteiger partial charge on any atom is 0.359 e. The summed E-state index contributed by atoms with van der Waals surface area (Å²) in [7, 11) is 0. The normalized spacial score (nSPS) is 10.7. The summed E-state index contributed by atoms with van der Waals surface area (Å²) in [5.74, 6) is -1.04. The van der Waals surface area contributed by atoms with Crippen LogP contribution >= 0.6 is 0 Å². The summed E-state index contributed by atoms with van der Waals surface area (Å²) in [4.78, 5) is 12.0. The number of anilines is 1. The van der Waals surface area contributed by atoms with Gasteiger partial charge >= 0.3 is 5.97 Å². The van der Waals surface area contributed by atoms with E-state index in [0.717, 1.165) is 0 Å². The van der Waals surface area contributed by atoms with Crippen LogP contribution in [0.3, 0.4) is 0 Å². The van der Waals surface area contributed by atoms with Crippen LogP contribution in [0.15, 0.2) is 42.5 Å². The van der Waals surface area contributed by atoms with Crippen molar-refractivity contribution in [1.29, 1.82) is 0 Å². The lowest BCUT2D eigenvalue weighted by Gasteiger charge is -2.04. The molecule has 0 fully saturated rings. The summed E-state index contributed by atoms with van der Waals surface area (Å²) < 4.78 is 18.6. The van der Waals surface area contributed by atoms with E-state index in [0.29, 0.717) is 22.2 Å². The Kier molecular flexibility index (Phi) is 3.27. The predicted octanol–water partition coefficient (Wildman–Crippen LogP) is 2.64. The molecule has 0 bridgehead atoms. The van der Waals surface area contributed by atoms with Crippen molar-refractivity contribution in [2.75, 3.05) is 5.73 Å². The van der Waals surface area contributed by atoms with Crippen molar-refractivity contribution >= 4 is 22.6 Å². The second-order valence-electron chi connectivity index (χ2n) is 4.54. The van der Waals surface area contributed by atoms with Crippen LogP contribution in [-0.4, -0.2) is 16.2 Å². The van der Waals surface area contributed by atoms with Gasteiger partial charge in [-0.05, 0) is 24.3 Å². The standard InChI is InChI=1S/C15H12FN3O2/c16-12-4-2-1-3-9(12)8-21-15(20)14-11-7-10(17)5-6-13(11)18-19-14/h1-7H,8,17H2,(H,18,19). The molecule has 0 amide bonds. The summed E-state index contributed by atoms with van der Waals surface area (Å²) in [6.07, 6.45) is 0. The van der Waals surface area contributed by atoms with Crippen molar-refractivity contribution in [2.45, 2.75) is 6.61 Å². The Balaban J connectivity index is 1.81. The molecule has 0 aliphatic carbocycles. The van der Waals surface area contributed by atoms with Gasteiger partial charge in [-0.25, -0.2) is 9.18 Å². The number of nitrogens with one attached hydrogen (secondary N) is 1. The van der Waals surface area contributed by atoms with E-state index in [1.54, 1.807) is 36.4 Å². The number of nitrogens with two attached hydrogens (primary N) is 1. The minimum Gasteiger partial charge on any atom is -0.456 e. The molecule has 1 aromatic heterocycles. The number of rotatable bonds is 3. The summed E-state index contributed by atoms with van der Waals surface area (Å²) in [5, 5.41) is 7.22. The highest BCUT2D eigenvalue weighted by atomic mass is 19.1. The second-order valence-corrected chi connectivity index (χ2v) is 4.54. The number of aromatic nitrogens is 2. The predicted molar refractivity (Wildman–Crippen MR) is 76.0 cm³/mol. The number of H-pyrrole nitrogens is 1. The van der Waals surface area contributed by atoms with Crippen molar-refractivity contribution < 1.29 is 13.9 Å². The lowest BCUT2D eigenvalue weighted by Crippen LogP contribution is -2.07. The van der Waals surface area contributed by atoms with Crippen molar-refractivity contribution in [2.24, 2.45) is 0 Å². The van der Waals surface area contributed by atoms with Crippen molar-refractivity contribution in [1.82, 2.24) is 10.2 Å². The Bertz CT molecular complexity index is 814. The first-order valence-corrected chi connectivity index (χ1v) is 6.29. The van der Waals surface area contributed by atoms with E-state index in [4.69, 9.17) is 10.5 Å². The summed E-state index contributed by atoms with van der Waals surface area (Å²) >= 11 is 0. The molecule has 0 spiro atoms. The molecule has 0 unspecified atom stereocenters.